The molecule has 1 amide bonds. The van der Waals surface area contributed by atoms with Gasteiger partial charge >= 0.3 is 0 Å². The Kier molecular flexibility index (Phi) is 4.63. The van der Waals surface area contributed by atoms with Gasteiger partial charge in [-0.1, -0.05) is 36.4 Å². The molecule has 0 saturated heterocycles. The van der Waals surface area contributed by atoms with Crippen LogP contribution in [0.4, 0.5) is 0 Å². The van der Waals surface area contributed by atoms with Gasteiger partial charge in [0.15, 0.2) is 0 Å². The quantitative estimate of drug-likeness (QED) is 0.912. The van der Waals surface area contributed by atoms with Gasteiger partial charge in [0.1, 0.15) is 5.75 Å². The zero-order chi connectivity index (χ0) is 16.2. The molecule has 0 aromatic heterocycles. The summed E-state index contributed by atoms with van der Waals surface area (Å²) in [7, 11) is 0. The van der Waals surface area contributed by atoms with Crippen molar-refractivity contribution >= 4 is 5.91 Å². The van der Waals surface area contributed by atoms with Gasteiger partial charge < -0.3 is 15.8 Å². The van der Waals surface area contributed by atoms with Crippen LogP contribution in [0.3, 0.4) is 0 Å². The molecule has 120 valence electrons. The van der Waals surface area contributed by atoms with Crippen LogP contribution in [0, 0.1) is 0 Å². The highest BCUT2D eigenvalue weighted by Gasteiger charge is 2.20. The molecule has 3 rings (SSSR count). The Bertz CT molecular complexity index is 683. The Labute approximate surface area is 136 Å². The van der Waals surface area contributed by atoms with Crippen molar-refractivity contribution in [2.24, 2.45) is 5.73 Å². The summed E-state index contributed by atoms with van der Waals surface area (Å²) in [5.41, 5.74) is 9.01. The summed E-state index contributed by atoms with van der Waals surface area (Å²) in [4.78, 5) is 12.1. The second-order valence-corrected chi connectivity index (χ2v) is 5.96. The highest BCUT2D eigenvalue weighted by molar-refractivity contribution is 5.81. The molecule has 1 aliphatic rings. The van der Waals surface area contributed by atoms with Gasteiger partial charge in [-0.05, 0) is 48.6 Å². The van der Waals surface area contributed by atoms with Crippen LogP contribution in [-0.2, 0) is 11.2 Å². The molecule has 0 aliphatic carbocycles. The number of ether oxygens (including phenoxy) is 1. The van der Waals surface area contributed by atoms with E-state index in [-0.39, 0.29) is 11.9 Å². The van der Waals surface area contributed by atoms with E-state index in [1.807, 2.05) is 42.5 Å². The molecule has 3 N–H and O–H groups in total. The van der Waals surface area contributed by atoms with Crippen molar-refractivity contribution in [2.45, 2.75) is 31.8 Å². The number of hydrogen-bond acceptors (Lipinski definition) is 3. The molecule has 4 heteroatoms. The van der Waals surface area contributed by atoms with Crippen LogP contribution in [0.2, 0.25) is 0 Å². The monoisotopic (exact) mass is 310 g/mol. The smallest absolute Gasteiger partial charge is 0.237 e. The predicted octanol–water partition coefficient (Wildman–Crippen LogP) is 2.56. The van der Waals surface area contributed by atoms with E-state index in [0.717, 1.165) is 36.3 Å². The summed E-state index contributed by atoms with van der Waals surface area (Å²) in [5.74, 6) is 0.790. The Balaban J connectivity index is 1.96. The molecule has 0 radical (unpaired) electrons. The number of amides is 1. The first-order valence-corrected chi connectivity index (χ1v) is 8.01. The number of nitrogens with two attached hydrogens (primary N) is 1. The molecule has 2 aromatic rings. The van der Waals surface area contributed by atoms with Crippen molar-refractivity contribution in [1.29, 1.82) is 0 Å². The fourth-order valence-electron chi connectivity index (χ4n) is 2.84. The molecule has 1 unspecified atom stereocenters. The van der Waals surface area contributed by atoms with Crippen LogP contribution in [0.5, 0.6) is 5.75 Å². The molecule has 4 nitrogen and oxygen atoms in total. The van der Waals surface area contributed by atoms with Crippen LogP contribution in [0.1, 0.15) is 36.1 Å². The Hall–Kier alpha value is -2.33. The van der Waals surface area contributed by atoms with E-state index < -0.39 is 6.04 Å². The van der Waals surface area contributed by atoms with E-state index in [1.54, 1.807) is 6.92 Å². The van der Waals surface area contributed by atoms with E-state index in [9.17, 15) is 4.79 Å². The van der Waals surface area contributed by atoms with Crippen molar-refractivity contribution in [2.75, 3.05) is 6.61 Å². The van der Waals surface area contributed by atoms with Crippen molar-refractivity contribution in [3.63, 3.8) is 0 Å². The van der Waals surface area contributed by atoms with E-state index in [4.69, 9.17) is 10.5 Å². The number of fused-ring (bicyclic) bond motifs is 1. The molecule has 0 fully saturated rings. The van der Waals surface area contributed by atoms with Gasteiger partial charge in [0.05, 0.1) is 18.7 Å². The number of aryl methyl sites for hydroxylation is 1. The summed E-state index contributed by atoms with van der Waals surface area (Å²) < 4.78 is 5.68. The number of carbonyl (C=O) groups excluding carboxylic acids is 1. The van der Waals surface area contributed by atoms with Crippen LogP contribution < -0.4 is 15.8 Å². The third-order valence-corrected chi connectivity index (χ3v) is 4.10. The molecule has 1 heterocycles. The lowest BCUT2D eigenvalue weighted by Crippen LogP contribution is -2.40. The highest BCUT2D eigenvalue weighted by Crippen LogP contribution is 2.30. The van der Waals surface area contributed by atoms with Crippen molar-refractivity contribution < 1.29 is 9.53 Å². The lowest BCUT2D eigenvalue weighted by Gasteiger charge is -2.24. The normalized spacial score (nSPS) is 15.9. The predicted molar refractivity (Wildman–Crippen MR) is 90.3 cm³/mol. The second-order valence-electron chi connectivity index (χ2n) is 5.96. The zero-order valence-corrected chi connectivity index (χ0v) is 13.3. The fourth-order valence-corrected chi connectivity index (χ4v) is 2.84. The third-order valence-electron chi connectivity index (χ3n) is 4.10. The molecule has 0 spiro atoms. The summed E-state index contributed by atoms with van der Waals surface area (Å²) in [6, 6.07) is 15.3. The van der Waals surface area contributed by atoms with E-state index in [0.29, 0.717) is 0 Å². The standard InChI is InChI=1S/C19H22N2O2/c1-13(20)19(22)21-18(14-6-3-2-4-7-14)16-9-10-17-15(12-16)8-5-11-23-17/h2-4,6-7,9-10,12-13,18H,5,8,11,20H2,1H3,(H,21,22)/t13-,18?/m1/s1. The molecular weight excluding hydrogens is 288 g/mol. The highest BCUT2D eigenvalue weighted by atomic mass is 16.5. The first kappa shape index (κ1) is 15.6. The minimum Gasteiger partial charge on any atom is -0.493 e. The topological polar surface area (TPSA) is 64.4 Å². The van der Waals surface area contributed by atoms with E-state index >= 15 is 0 Å². The van der Waals surface area contributed by atoms with Gasteiger partial charge in [0.25, 0.3) is 0 Å². The third kappa shape index (κ3) is 3.54. The number of carbonyl (C=O) groups is 1. The van der Waals surface area contributed by atoms with Crippen molar-refractivity contribution in [3.8, 4) is 5.75 Å². The van der Waals surface area contributed by atoms with Gasteiger partial charge in [-0.15, -0.1) is 0 Å². The van der Waals surface area contributed by atoms with E-state index in [1.165, 1.54) is 5.56 Å². The maximum Gasteiger partial charge on any atom is 0.237 e. The van der Waals surface area contributed by atoms with Crippen molar-refractivity contribution in [1.82, 2.24) is 5.32 Å². The van der Waals surface area contributed by atoms with Gasteiger partial charge in [-0.25, -0.2) is 0 Å². The first-order chi connectivity index (χ1) is 11.1. The molecule has 2 aromatic carbocycles. The second kappa shape index (κ2) is 6.84. The summed E-state index contributed by atoms with van der Waals surface area (Å²) >= 11 is 0. The average Bonchev–Trinajstić information content (AvgIpc) is 2.59. The largest absolute Gasteiger partial charge is 0.493 e. The maximum atomic E-state index is 12.1. The fraction of sp³-hybridized carbons (Fsp3) is 0.316. The number of benzene rings is 2. The van der Waals surface area contributed by atoms with Crippen LogP contribution in [0.15, 0.2) is 48.5 Å². The molecule has 23 heavy (non-hydrogen) atoms. The van der Waals surface area contributed by atoms with Gasteiger partial charge in [0.2, 0.25) is 5.91 Å². The minimum absolute atomic E-state index is 0.159. The number of rotatable bonds is 4. The zero-order valence-electron chi connectivity index (χ0n) is 13.3. The van der Waals surface area contributed by atoms with Crippen molar-refractivity contribution in [3.05, 3.63) is 65.2 Å². The lowest BCUT2D eigenvalue weighted by atomic mass is 9.94. The average molecular weight is 310 g/mol. The van der Waals surface area contributed by atoms with Crippen LogP contribution in [-0.4, -0.2) is 18.6 Å². The number of hydrogen-bond donors (Lipinski definition) is 2. The maximum absolute atomic E-state index is 12.1. The lowest BCUT2D eigenvalue weighted by molar-refractivity contribution is -0.122. The van der Waals surface area contributed by atoms with Crippen LogP contribution in [0.25, 0.3) is 0 Å². The Morgan fingerprint density at radius 2 is 1.96 bits per heavy atom. The summed E-state index contributed by atoms with van der Waals surface area (Å²) in [6.07, 6.45) is 2.03. The minimum atomic E-state index is -0.540. The number of nitrogens with one attached hydrogen (secondary N) is 1. The molecule has 0 bridgehead atoms. The van der Waals surface area contributed by atoms with Gasteiger partial charge in [-0.2, -0.15) is 0 Å². The molecule has 0 saturated carbocycles. The summed E-state index contributed by atoms with van der Waals surface area (Å²) in [5, 5.41) is 3.05. The Morgan fingerprint density at radius 1 is 1.17 bits per heavy atom. The van der Waals surface area contributed by atoms with E-state index in [2.05, 4.69) is 11.4 Å². The Morgan fingerprint density at radius 3 is 2.70 bits per heavy atom. The van der Waals surface area contributed by atoms with Crippen LogP contribution >= 0.6 is 0 Å². The van der Waals surface area contributed by atoms with Gasteiger partial charge in [0, 0.05) is 0 Å². The first-order valence-electron chi connectivity index (χ1n) is 8.01. The summed E-state index contributed by atoms with van der Waals surface area (Å²) in [6.45, 7) is 2.47. The SMILES string of the molecule is C[C@@H](N)C(=O)NC(c1ccccc1)c1ccc2c(c1)CCCO2. The molecule has 1 aliphatic heterocycles. The molecular formula is C19H22N2O2. The van der Waals surface area contributed by atoms with Gasteiger partial charge in [-0.3, -0.25) is 4.79 Å². The molecule has 2 atom stereocenters.